The van der Waals surface area contributed by atoms with E-state index in [-0.39, 0.29) is 20.4 Å². The van der Waals surface area contributed by atoms with Gasteiger partial charge in [-0.05, 0) is 11.8 Å². The molecular weight excluding hydrogens is 241 g/mol. The Morgan fingerprint density at radius 1 is 0.632 bits per heavy atom. The molecule has 0 aliphatic heterocycles. The van der Waals surface area contributed by atoms with Crippen molar-refractivity contribution in [2.24, 2.45) is 11.8 Å². The summed E-state index contributed by atoms with van der Waals surface area (Å²) in [5.74, 6) is 2.10. The monoisotopic (exact) mass is 278 g/mol. The Morgan fingerprint density at radius 2 is 1.05 bits per heavy atom. The number of hydrogen-bond acceptors (Lipinski definition) is 0. The quantitative estimate of drug-likeness (QED) is 0.244. The molecule has 0 aromatic heterocycles. The Kier molecular flexibility index (Phi) is 15.8. The standard InChI is InChI=1S/2C9H19.Mg/c2*1-4-7-8-9(5-2)6-3;/h2*9H,2,4-8H2,1,3H3;. The van der Waals surface area contributed by atoms with Crippen LogP contribution in [0.5, 0.6) is 0 Å². The van der Waals surface area contributed by atoms with E-state index in [0.717, 1.165) is 11.8 Å². The highest BCUT2D eigenvalue weighted by atomic mass is 24.5. The van der Waals surface area contributed by atoms with Crippen molar-refractivity contribution < 1.29 is 0 Å². The average molecular weight is 279 g/mol. The SMILES string of the molecule is CCCCC(CC)C[CH2][Mg][CH2]CC(CC)CCCC. The highest BCUT2D eigenvalue weighted by Gasteiger charge is 2.09. The van der Waals surface area contributed by atoms with Gasteiger partial charge in [-0.15, -0.1) is 9.10 Å². The second kappa shape index (κ2) is 15.2. The minimum absolute atomic E-state index is 0.261. The molecule has 0 heterocycles. The molecule has 0 aromatic carbocycles. The highest BCUT2D eigenvalue weighted by molar-refractivity contribution is 6.35. The smallest absolute Gasteiger partial charge is 0.146 e. The van der Waals surface area contributed by atoms with Gasteiger partial charge in [0, 0.05) is 0 Å². The van der Waals surface area contributed by atoms with Crippen molar-refractivity contribution in [1.82, 2.24) is 0 Å². The van der Waals surface area contributed by atoms with Crippen molar-refractivity contribution in [3.05, 3.63) is 0 Å². The summed E-state index contributed by atoms with van der Waals surface area (Å²) in [7, 11) is 0. The molecule has 0 amide bonds. The van der Waals surface area contributed by atoms with E-state index in [1.54, 1.807) is 21.9 Å². The fraction of sp³-hybridized carbons (Fsp3) is 1.00. The molecular formula is C18H38Mg. The van der Waals surface area contributed by atoms with Gasteiger partial charge < -0.3 is 0 Å². The van der Waals surface area contributed by atoms with Gasteiger partial charge in [-0.2, -0.15) is 0 Å². The maximum atomic E-state index is 2.39. The first-order chi connectivity index (χ1) is 9.28. The lowest BCUT2D eigenvalue weighted by Crippen LogP contribution is -2.04. The summed E-state index contributed by atoms with van der Waals surface area (Å²) in [4.78, 5) is 0. The van der Waals surface area contributed by atoms with Gasteiger partial charge in [0.2, 0.25) is 0 Å². The van der Waals surface area contributed by atoms with E-state index < -0.39 is 0 Å². The molecule has 19 heavy (non-hydrogen) atoms. The molecule has 2 unspecified atom stereocenters. The van der Waals surface area contributed by atoms with E-state index in [0.29, 0.717) is 0 Å². The molecule has 2 atom stereocenters. The molecule has 112 valence electrons. The summed E-state index contributed by atoms with van der Waals surface area (Å²) in [5.41, 5.74) is 0. The molecule has 0 saturated carbocycles. The van der Waals surface area contributed by atoms with Crippen molar-refractivity contribution in [2.45, 2.75) is 101 Å². The lowest BCUT2D eigenvalue weighted by molar-refractivity contribution is 0.432. The minimum Gasteiger partial charge on any atom is -0.146 e. The Labute approximate surface area is 133 Å². The van der Waals surface area contributed by atoms with Gasteiger partial charge in [-0.1, -0.05) is 91.9 Å². The van der Waals surface area contributed by atoms with Crippen LogP contribution < -0.4 is 0 Å². The third kappa shape index (κ3) is 12.2. The lowest BCUT2D eigenvalue weighted by atomic mass is 9.96. The van der Waals surface area contributed by atoms with Crippen LogP contribution in [0.25, 0.3) is 0 Å². The van der Waals surface area contributed by atoms with Crippen molar-refractivity contribution in [1.29, 1.82) is 0 Å². The molecule has 0 nitrogen and oxygen atoms in total. The normalized spacial score (nSPS) is 14.1. The molecule has 0 aliphatic carbocycles. The van der Waals surface area contributed by atoms with Crippen LogP contribution in [0, 0.1) is 11.8 Å². The maximum Gasteiger partial charge on any atom is 0.364 e. The van der Waals surface area contributed by atoms with Gasteiger partial charge in [0.05, 0.1) is 0 Å². The number of rotatable bonds is 14. The summed E-state index contributed by atoms with van der Waals surface area (Å²) in [6.45, 7) is 9.42. The van der Waals surface area contributed by atoms with E-state index in [4.69, 9.17) is 0 Å². The van der Waals surface area contributed by atoms with Crippen LogP contribution in [0.3, 0.4) is 0 Å². The van der Waals surface area contributed by atoms with Crippen LogP contribution in [0.1, 0.15) is 91.9 Å². The second-order valence-electron chi connectivity index (χ2n) is 6.47. The summed E-state index contributed by atoms with van der Waals surface area (Å²) in [6, 6.07) is 0. The van der Waals surface area contributed by atoms with Gasteiger partial charge in [0.15, 0.2) is 0 Å². The van der Waals surface area contributed by atoms with E-state index in [1.165, 1.54) is 51.4 Å². The Hall–Kier alpha value is 0.766. The first-order valence-electron chi connectivity index (χ1n) is 9.28. The van der Waals surface area contributed by atoms with Crippen molar-refractivity contribution >= 4 is 20.4 Å². The van der Waals surface area contributed by atoms with E-state index in [2.05, 4.69) is 27.7 Å². The Balaban J connectivity index is 3.50. The van der Waals surface area contributed by atoms with Crippen molar-refractivity contribution in [3.8, 4) is 0 Å². The van der Waals surface area contributed by atoms with E-state index in [9.17, 15) is 0 Å². The molecule has 0 spiro atoms. The lowest BCUT2D eigenvalue weighted by Gasteiger charge is -2.15. The molecule has 0 aromatic rings. The van der Waals surface area contributed by atoms with Crippen LogP contribution in [-0.2, 0) is 0 Å². The minimum atomic E-state index is 0.261. The molecule has 0 fully saturated rings. The zero-order chi connectivity index (χ0) is 14.3. The highest BCUT2D eigenvalue weighted by Crippen LogP contribution is 2.21. The van der Waals surface area contributed by atoms with Crippen LogP contribution in [-0.4, -0.2) is 20.4 Å². The summed E-state index contributed by atoms with van der Waals surface area (Å²) >= 11 is 0.261. The van der Waals surface area contributed by atoms with Gasteiger partial charge in [-0.25, -0.2) is 0 Å². The van der Waals surface area contributed by atoms with Crippen molar-refractivity contribution in [3.63, 3.8) is 0 Å². The zero-order valence-electron chi connectivity index (χ0n) is 14.3. The summed E-state index contributed by atoms with van der Waals surface area (Å²) < 4.78 is 3.23. The predicted molar refractivity (Wildman–Crippen MR) is 91.2 cm³/mol. The van der Waals surface area contributed by atoms with Crippen LogP contribution in [0.2, 0.25) is 9.10 Å². The molecule has 0 saturated heterocycles. The van der Waals surface area contributed by atoms with E-state index in [1.807, 2.05) is 0 Å². The fourth-order valence-corrected chi connectivity index (χ4v) is 5.22. The molecule has 0 rings (SSSR count). The van der Waals surface area contributed by atoms with Gasteiger partial charge in [0.1, 0.15) is 0 Å². The molecule has 0 aliphatic rings. The predicted octanol–water partition coefficient (Wildman–Crippen LogP) is 6.74. The molecule has 0 bridgehead atoms. The van der Waals surface area contributed by atoms with Gasteiger partial charge in [0.25, 0.3) is 0 Å². The topological polar surface area (TPSA) is 0 Å². The average Bonchev–Trinajstić information content (AvgIpc) is 2.45. The number of unbranched alkanes of at least 4 members (excludes halogenated alkanes) is 2. The first kappa shape index (κ1) is 19.8. The zero-order valence-corrected chi connectivity index (χ0v) is 15.8. The van der Waals surface area contributed by atoms with Crippen LogP contribution >= 0.6 is 0 Å². The Morgan fingerprint density at radius 3 is 1.37 bits per heavy atom. The second-order valence-corrected chi connectivity index (χ2v) is 8.59. The Bertz CT molecular complexity index is 149. The molecule has 0 N–H and O–H groups in total. The molecule has 1 heteroatoms. The van der Waals surface area contributed by atoms with E-state index >= 15 is 0 Å². The maximum absolute atomic E-state index is 2.39. The fourth-order valence-electron chi connectivity index (χ4n) is 3.13. The first-order valence-corrected chi connectivity index (χ1v) is 11.3. The summed E-state index contributed by atoms with van der Waals surface area (Å²) in [6.07, 6.45) is 14.6. The van der Waals surface area contributed by atoms with Gasteiger partial charge >= 0.3 is 20.4 Å². The molecule has 0 radical (unpaired) electrons. The van der Waals surface area contributed by atoms with Crippen molar-refractivity contribution in [2.75, 3.05) is 0 Å². The third-order valence-corrected chi connectivity index (χ3v) is 6.63. The third-order valence-electron chi connectivity index (χ3n) is 4.81. The van der Waals surface area contributed by atoms with Crippen LogP contribution in [0.4, 0.5) is 0 Å². The summed E-state index contributed by atoms with van der Waals surface area (Å²) in [5, 5.41) is 0. The van der Waals surface area contributed by atoms with Gasteiger partial charge in [-0.3, -0.25) is 0 Å². The van der Waals surface area contributed by atoms with Crippen LogP contribution in [0.15, 0.2) is 0 Å². The number of hydrogen-bond donors (Lipinski definition) is 0. The largest absolute Gasteiger partial charge is 0.364 e.